The summed E-state index contributed by atoms with van der Waals surface area (Å²) in [6.07, 6.45) is 7.20. The molecule has 4 aromatic rings. The second-order valence-electron chi connectivity index (χ2n) is 11.5. The predicted octanol–water partition coefficient (Wildman–Crippen LogP) is 3.65. The molecule has 3 atom stereocenters. The van der Waals surface area contributed by atoms with Gasteiger partial charge in [0, 0.05) is 43.4 Å². The van der Waals surface area contributed by atoms with Gasteiger partial charge in [-0.3, -0.25) is 0 Å². The van der Waals surface area contributed by atoms with Gasteiger partial charge in [-0.2, -0.15) is 5.26 Å². The molecule has 7 rings (SSSR count). The summed E-state index contributed by atoms with van der Waals surface area (Å²) in [6, 6.07) is 12.3. The van der Waals surface area contributed by atoms with Crippen LogP contribution in [0.3, 0.4) is 0 Å². The Bertz CT molecular complexity index is 1790. The van der Waals surface area contributed by atoms with Crippen molar-refractivity contribution in [1.82, 2.24) is 14.5 Å². The van der Waals surface area contributed by atoms with Gasteiger partial charge >= 0.3 is 0 Å². The summed E-state index contributed by atoms with van der Waals surface area (Å²) in [5.41, 5.74) is 12.9. The first kappa shape index (κ1) is 26.1. The lowest BCUT2D eigenvalue weighted by atomic mass is 10.1. The Morgan fingerprint density at radius 2 is 2.10 bits per heavy atom. The number of epoxide rings is 1. The first-order valence-corrected chi connectivity index (χ1v) is 14.1. The van der Waals surface area contributed by atoms with Crippen LogP contribution in [0.2, 0.25) is 0 Å². The fraction of sp³-hybridized carbons (Fsp3) is 0.355. The van der Waals surface area contributed by atoms with Crippen molar-refractivity contribution in [2.45, 2.75) is 25.3 Å². The average molecular weight is 565 g/mol. The minimum Gasteiger partial charge on any atom is -0.494 e. The number of benzene rings is 2. The topological polar surface area (TPSA) is 124 Å². The van der Waals surface area contributed by atoms with Crippen molar-refractivity contribution in [2.75, 3.05) is 62.2 Å². The van der Waals surface area contributed by atoms with Gasteiger partial charge in [-0.1, -0.05) is 12.1 Å². The Labute approximate surface area is 244 Å². The lowest BCUT2D eigenvalue weighted by Crippen LogP contribution is -2.22. The van der Waals surface area contributed by atoms with Gasteiger partial charge in [-0.25, -0.2) is 14.5 Å². The molecule has 0 amide bonds. The van der Waals surface area contributed by atoms with E-state index in [4.69, 9.17) is 20.2 Å². The van der Waals surface area contributed by atoms with Crippen LogP contribution in [0.1, 0.15) is 12.0 Å². The normalized spacial score (nSPS) is 20.6. The zero-order valence-corrected chi connectivity index (χ0v) is 24.2. The van der Waals surface area contributed by atoms with E-state index in [1.54, 1.807) is 13.3 Å². The van der Waals surface area contributed by atoms with E-state index in [9.17, 15) is 5.26 Å². The third-order valence-electron chi connectivity index (χ3n) is 8.41. The molecule has 3 aliphatic heterocycles. The van der Waals surface area contributed by atoms with E-state index in [-0.39, 0.29) is 12.3 Å². The zero-order chi connectivity index (χ0) is 29.1. The third-order valence-corrected chi connectivity index (χ3v) is 8.41. The molecular formula is C31H34N9O2+. The second-order valence-corrected chi connectivity index (χ2v) is 11.5. The van der Waals surface area contributed by atoms with Gasteiger partial charge in [0.1, 0.15) is 38.2 Å². The van der Waals surface area contributed by atoms with Crippen molar-refractivity contribution >= 4 is 45.8 Å². The first-order chi connectivity index (χ1) is 20.3. The molecule has 3 aliphatic rings. The molecule has 11 nitrogen and oxygen atoms in total. The fourth-order valence-electron chi connectivity index (χ4n) is 6.42. The molecule has 2 saturated heterocycles. The average Bonchev–Trinajstić information content (AvgIpc) is 3.46. The van der Waals surface area contributed by atoms with Crippen molar-refractivity contribution in [1.29, 1.82) is 5.26 Å². The van der Waals surface area contributed by atoms with Crippen LogP contribution in [-0.4, -0.2) is 79.0 Å². The minimum atomic E-state index is 0.0977. The van der Waals surface area contributed by atoms with E-state index in [1.807, 2.05) is 18.2 Å². The van der Waals surface area contributed by atoms with Crippen LogP contribution in [0.5, 0.6) is 5.75 Å². The minimum absolute atomic E-state index is 0.0977. The highest BCUT2D eigenvalue weighted by atomic mass is 16.6. The van der Waals surface area contributed by atoms with Gasteiger partial charge in [-0.15, -0.1) is 0 Å². The molecule has 0 aliphatic carbocycles. The highest BCUT2D eigenvalue weighted by molar-refractivity contribution is 6.03. The van der Waals surface area contributed by atoms with Crippen molar-refractivity contribution in [3.63, 3.8) is 0 Å². The molecule has 2 aromatic carbocycles. The van der Waals surface area contributed by atoms with E-state index in [0.717, 1.165) is 53.9 Å². The van der Waals surface area contributed by atoms with Crippen molar-refractivity contribution in [3.05, 3.63) is 48.3 Å². The summed E-state index contributed by atoms with van der Waals surface area (Å²) in [7, 11) is 7.81. The number of nitrogens with two attached hydrogens (primary N) is 1. The first-order valence-electron chi connectivity index (χ1n) is 14.1. The summed E-state index contributed by atoms with van der Waals surface area (Å²) >= 11 is 0. The number of likely N-dealkylation sites (N-methyl/N-ethyl adjacent to an activating group) is 1. The molecule has 3 unspecified atom stereocenters. The van der Waals surface area contributed by atoms with Gasteiger partial charge < -0.3 is 34.9 Å². The molecule has 0 spiro atoms. The van der Waals surface area contributed by atoms with Gasteiger partial charge in [0.2, 0.25) is 5.95 Å². The molecule has 42 heavy (non-hydrogen) atoms. The van der Waals surface area contributed by atoms with Gasteiger partial charge in [0.25, 0.3) is 0 Å². The zero-order valence-electron chi connectivity index (χ0n) is 24.2. The summed E-state index contributed by atoms with van der Waals surface area (Å²) in [5.74, 6) is 1.46. The quantitative estimate of drug-likeness (QED) is 0.156. The van der Waals surface area contributed by atoms with Gasteiger partial charge in [-0.05, 0) is 18.6 Å². The number of fused-ring (bicyclic) bond motifs is 1. The number of hydrogen-bond acceptors (Lipinski definition) is 9. The van der Waals surface area contributed by atoms with E-state index in [0.29, 0.717) is 40.2 Å². The summed E-state index contributed by atoms with van der Waals surface area (Å²) in [6.45, 7) is 2.57. The number of aromatic nitrogens is 3. The summed E-state index contributed by atoms with van der Waals surface area (Å²) in [4.78, 5) is 13.8. The molecule has 2 fully saturated rings. The third kappa shape index (κ3) is 4.35. The lowest BCUT2D eigenvalue weighted by molar-refractivity contribution is -0.461. The van der Waals surface area contributed by atoms with Gasteiger partial charge in [0.05, 0.1) is 65.3 Å². The fourth-order valence-corrected chi connectivity index (χ4v) is 6.42. The van der Waals surface area contributed by atoms with Crippen LogP contribution >= 0.6 is 0 Å². The molecule has 3 N–H and O–H groups in total. The summed E-state index contributed by atoms with van der Waals surface area (Å²) < 4.78 is 16.0. The predicted molar refractivity (Wildman–Crippen MR) is 164 cm³/mol. The van der Waals surface area contributed by atoms with E-state index >= 15 is 0 Å². The van der Waals surface area contributed by atoms with Crippen LogP contribution in [0.15, 0.2) is 42.7 Å². The van der Waals surface area contributed by atoms with Crippen LogP contribution in [0.4, 0.5) is 28.7 Å². The van der Waals surface area contributed by atoms with E-state index in [1.165, 1.54) is 0 Å². The number of nitrogens with one attached hydrogen (secondary N) is 1. The molecular weight excluding hydrogens is 530 g/mol. The Morgan fingerprint density at radius 3 is 2.88 bits per heavy atom. The largest absolute Gasteiger partial charge is 0.494 e. The number of nitriles is 1. The number of rotatable bonds is 6. The van der Waals surface area contributed by atoms with Crippen LogP contribution in [-0.2, 0) is 11.3 Å². The molecule has 0 radical (unpaired) electrons. The van der Waals surface area contributed by atoms with Crippen molar-refractivity contribution < 1.29 is 14.0 Å². The Hall–Kier alpha value is -4.82. The number of hydrogen-bond donors (Lipinski definition) is 2. The maximum Gasteiger partial charge on any atom is 0.227 e. The van der Waals surface area contributed by atoms with Gasteiger partial charge in [0.15, 0.2) is 6.23 Å². The standard InChI is InChI=1S/C31H34N9O2/c1-37(2)14-18-8-9-39(15-18)25-11-26(41-4)23(10-22(25)33)35-31-34-13-19(12-32)28(36-31)21-16-40-17-27-30(42-27)38(3)24-7-5-6-20(21)29(24)40/h5-7,10-11,13-14,16,18,27,30H,8-9,15,17,33H2,1-4H3,(H,34,35,36)/q+1. The Morgan fingerprint density at radius 1 is 1.24 bits per heavy atom. The van der Waals surface area contributed by atoms with Crippen molar-refractivity contribution in [3.8, 4) is 23.1 Å². The Kier molecular flexibility index (Phi) is 6.17. The van der Waals surface area contributed by atoms with Crippen LogP contribution in [0, 0.1) is 17.2 Å². The highest BCUT2D eigenvalue weighted by Crippen LogP contribution is 2.43. The maximum atomic E-state index is 9.99. The van der Waals surface area contributed by atoms with E-state index < -0.39 is 0 Å². The number of para-hydroxylation sites is 1. The number of anilines is 5. The van der Waals surface area contributed by atoms with Crippen molar-refractivity contribution in [2.24, 2.45) is 5.92 Å². The SMILES string of the molecule is COc1cc(N2CCC(C=[N+](C)C)C2)c(N)cc1Nc1ncc(C#N)c(-c2cn3c4c(cccc24)N(C)C2OC2C3)n1. The van der Waals surface area contributed by atoms with Crippen LogP contribution < -0.4 is 25.6 Å². The molecule has 11 heteroatoms. The number of ether oxygens (including phenoxy) is 2. The lowest BCUT2D eigenvalue weighted by Gasteiger charge is -2.22. The monoisotopic (exact) mass is 564 g/mol. The number of methoxy groups -OCH3 is 1. The molecule has 5 heterocycles. The molecule has 0 bridgehead atoms. The second kappa shape index (κ2) is 9.92. The number of nitrogen functional groups attached to an aromatic ring is 1. The smallest absolute Gasteiger partial charge is 0.227 e. The Balaban J connectivity index is 1.24. The molecule has 0 saturated carbocycles. The van der Waals surface area contributed by atoms with Crippen LogP contribution in [0.25, 0.3) is 22.2 Å². The number of nitrogens with zero attached hydrogens (tertiary/aromatic N) is 7. The maximum absolute atomic E-state index is 9.99. The summed E-state index contributed by atoms with van der Waals surface area (Å²) in [5, 5.41) is 14.3. The molecule has 2 aromatic heterocycles. The molecule has 214 valence electrons. The van der Waals surface area contributed by atoms with E-state index in [2.05, 4.69) is 81.0 Å². The highest BCUT2D eigenvalue weighted by Gasteiger charge is 2.45.